The molecule has 0 saturated carbocycles. The standard InChI is InChI=1S/C7H6N2/c8-5-6-1-3-7(9)4-2-6/h1-4H,9H2/i1D,2D,3D,4D. The number of rotatable bonds is 0. The van der Waals surface area contributed by atoms with Crippen molar-refractivity contribution in [3.63, 3.8) is 0 Å². The number of hydrogen-bond acceptors (Lipinski definition) is 2. The van der Waals surface area contributed by atoms with Gasteiger partial charge < -0.3 is 5.73 Å². The Bertz CT molecular complexity index is 379. The van der Waals surface area contributed by atoms with Crippen LogP contribution in [0.1, 0.15) is 11.0 Å². The summed E-state index contributed by atoms with van der Waals surface area (Å²) in [5.41, 5.74) is 4.78. The fraction of sp³-hybridized carbons (Fsp3) is 0. The summed E-state index contributed by atoms with van der Waals surface area (Å²) in [5, 5.41) is 8.54. The molecule has 0 saturated heterocycles. The summed E-state index contributed by atoms with van der Waals surface area (Å²) >= 11 is 0. The van der Waals surface area contributed by atoms with Crippen LogP contribution in [0.2, 0.25) is 0 Å². The smallest absolute Gasteiger partial charge is 0.0991 e. The zero-order chi connectivity index (χ0) is 10.2. The van der Waals surface area contributed by atoms with Crippen LogP contribution in [-0.2, 0) is 0 Å². The van der Waals surface area contributed by atoms with E-state index in [-0.39, 0.29) is 35.4 Å². The van der Waals surface area contributed by atoms with Crippen LogP contribution >= 0.6 is 0 Å². The Kier molecular flexibility index (Phi) is 0.583. The molecule has 0 heterocycles. The number of benzene rings is 1. The second-order valence-electron chi connectivity index (χ2n) is 1.40. The predicted octanol–water partition coefficient (Wildman–Crippen LogP) is 1.14. The lowest BCUT2D eigenvalue weighted by Gasteiger charge is -1.88. The minimum atomic E-state index is -0.388. The largest absolute Gasteiger partial charge is 0.399 e. The van der Waals surface area contributed by atoms with Crippen LogP contribution < -0.4 is 5.73 Å². The Morgan fingerprint density at radius 3 is 2.44 bits per heavy atom. The zero-order valence-electron chi connectivity index (χ0n) is 8.52. The maximum absolute atomic E-state index is 8.54. The molecule has 0 aliphatic carbocycles. The number of nitrogen functional groups attached to an aromatic ring is 1. The van der Waals surface area contributed by atoms with Crippen molar-refractivity contribution in [1.29, 1.82) is 5.26 Å². The highest BCUT2D eigenvalue weighted by Gasteiger charge is 1.85. The van der Waals surface area contributed by atoms with Gasteiger partial charge in [0.15, 0.2) is 0 Å². The maximum atomic E-state index is 8.54. The Hall–Kier alpha value is -1.49. The van der Waals surface area contributed by atoms with E-state index in [9.17, 15) is 0 Å². The van der Waals surface area contributed by atoms with Crippen LogP contribution in [0.15, 0.2) is 24.2 Å². The molecule has 0 spiro atoms. The Morgan fingerprint density at radius 2 is 2.00 bits per heavy atom. The maximum Gasteiger partial charge on any atom is 0.0991 e. The van der Waals surface area contributed by atoms with Crippen LogP contribution in [0, 0.1) is 11.3 Å². The molecule has 0 atom stereocenters. The molecule has 2 nitrogen and oxygen atoms in total. The minimum absolute atomic E-state index is 0.228. The average Bonchev–Trinajstić information content (AvgIpc) is 2.13. The van der Waals surface area contributed by atoms with Crippen LogP contribution in [0.5, 0.6) is 0 Å². The SMILES string of the molecule is [2H]c1c([2H])c(C#N)c([2H])c([2H])c1N. The lowest BCUT2D eigenvalue weighted by atomic mass is 10.2. The highest BCUT2D eigenvalue weighted by molar-refractivity contribution is 5.42. The van der Waals surface area contributed by atoms with Gasteiger partial charge in [0.2, 0.25) is 0 Å². The van der Waals surface area contributed by atoms with Gasteiger partial charge in [-0.25, -0.2) is 0 Å². The third-order valence-electron chi connectivity index (χ3n) is 0.756. The number of nitrogens with two attached hydrogens (primary N) is 1. The quantitative estimate of drug-likeness (QED) is 0.524. The fourth-order valence-corrected chi connectivity index (χ4v) is 0.378. The summed E-state index contributed by atoms with van der Waals surface area (Å²) in [7, 11) is 0. The van der Waals surface area contributed by atoms with E-state index in [1.807, 2.05) is 0 Å². The molecule has 1 rings (SSSR count). The highest BCUT2D eigenvalue weighted by Crippen LogP contribution is 2.02. The molecule has 2 heteroatoms. The minimum Gasteiger partial charge on any atom is -0.399 e. The van der Waals surface area contributed by atoms with E-state index in [1.54, 1.807) is 6.07 Å². The highest BCUT2D eigenvalue weighted by atomic mass is 14.5. The second kappa shape index (κ2) is 2.19. The molecule has 0 fully saturated rings. The van der Waals surface area contributed by atoms with Gasteiger partial charge in [-0.3, -0.25) is 0 Å². The van der Waals surface area contributed by atoms with Crippen molar-refractivity contribution in [3.05, 3.63) is 29.7 Å². The molecule has 1 aromatic rings. The molecule has 0 radical (unpaired) electrons. The van der Waals surface area contributed by atoms with Gasteiger partial charge in [-0.2, -0.15) is 5.26 Å². The van der Waals surface area contributed by atoms with Crippen LogP contribution in [0.3, 0.4) is 0 Å². The lowest BCUT2D eigenvalue weighted by Crippen LogP contribution is -1.82. The average molecular weight is 122 g/mol. The van der Waals surface area contributed by atoms with Gasteiger partial charge in [0.1, 0.15) is 0 Å². The normalized spacial score (nSPS) is 14.6. The molecule has 44 valence electrons. The molecule has 0 aromatic heterocycles. The van der Waals surface area contributed by atoms with E-state index < -0.39 is 0 Å². The first kappa shape index (κ1) is 2.40. The van der Waals surface area contributed by atoms with Gasteiger partial charge in [-0.1, -0.05) is 0 Å². The van der Waals surface area contributed by atoms with E-state index >= 15 is 0 Å². The summed E-state index contributed by atoms with van der Waals surface area (Å²) in [5.74, 6) is 0. The third-order valence-corrected chi connectivity index (χ3v) is 0.756. The van der Waals surface area contributed by atoms with Crippen molar-refractivity contribution in [3.8, 4) is 6.07 Å². The van der Waals surface area contributed by atoms with Crippen molar-refractivity contribution in [2.24, 2.45) is 0 Å². The molecule has 2 N–H and O–H groups in total. The monoisotopic (exact) mass is 122 g/mol. The number of hydrogen-bond donors (Lipinski definition) is 1. The zero-order valence-corrected chi connectivity index (χ0v) is 4.52. The third kappa shape index (κ3) is 1.20. The summed E-state index contributed by atoms with van der Waals surface area (Å²) in [6, 6.07) is 0.0992. The number of anilines is 1. The molecule has 0 amide bonds. The van der Waals surface area contributed by atoms with Crippen molar-refractivity contribution in [2.75, 3.05) is 5.73 Å². The van der Waals surface area contributed by atoms with Crippen LogP contribution in [0.4, 0.5) is 5.69 Å². The Balaban J connectivity index is 3.69. The molecule has 0 aliphatic rings. The number of nitriles is 1. The van der Waals surface area contributed by atoms with Crippen molar-refractivity contribution < 1.29 is 5.48 Å². The van der Waals surface area contributed by atoms with Gasteiger partial charge in [-0.15, -0.1) is 0 Å². The van der Waals surface area contributed by atoms with E-state index in [0.717, 1.165) is 0 Å². The second-order valence-corrected chi connectivity index (χ2v) is 1.40. The number of nitrogens with zero attached hydrogens (tertiary/aromatic N) is 1. The fourth-order valence-electron chi connectivity index (χ4n) is 0.378. The molecule has 0 aliphatic heterocycles. The van der Waals surface area contributed by atoms with Crippen molar-refractivity contribution >= 4 is 5.69 Å². The predicted molar refractivity (Wildman–Crippen MR) is 35.6 cm³/mol. The summed E-state index contributed by atoms with van der Waals surface area (Å²) < 4.78 is 29.1. The lowest BCUT2D eigenvalue weighted by molar-refractivity contribution is 1.49. The molecule has 0 bridgehead atoms. The van der Waals surface area contributed by atoms with E-state index in [4.69, 9.17) is 16.5 Å². The van der Waals surface area contributed by atoms with Gasteiger partial charge in [0, 0.05) is 5.69 Å². The van der Waals surface area contributed by atoms with E-state index in [0.29, 0.717) is 0 Å². The van der Waals surface area contributed by atoms with Crippen LogP contribution in [-0.4, -0.2) is 0 Å². The van der Waals surface area contributed by atoms with Crippen molar-refractivity contribution in [1.82, 2.24) is 0 Å². The molecular weight excluding hydrogens is 112 g/mol. The summed E-state index contributed by atoms with van der Waals surface area (Å²) in [4.78, 5) is 0. The first-order valence-corrected chi connectivity index (χ1v) is 2.26. The summed E-state index contributed by atoms with van der Waals surface area (Å²) in [6.45, 7) is 0. The van der Waals surface area contributed by atoms with Crippen molar-refractivity contribution in [2.45, 2.75) is 0 Å². The molecule has 1 aromatic carbocycles. The first-order chi connectivity index (χ1) is 6.00. The first-order valence-electron chi connectivity index (χ1n) is 4.26. The summed E-state index contributed by atoms with van der Waals surface area (Å²) in [6.07, 6.45) is 0. The molecule has 0 unspecified atom stereocenters. The van der Waals surface area contributed by atoms with E-state index in [1.165, 1.54) is 0 Å². The topological polar surface area (TPSA) is 49.8 Å². The van der Waals surface area contributed by atoms with Gasteiger partial charge in [-0.05, 0) is 24.2 Å². The Morgan fingerprint density at radius 1 is 1.44 bits per heavy atom. The Labute approximate surface area is 59.1 Å². The molecule has 9 heavy (non-hydrogen) atoms. The van der Waals surface area contributed by atoms with Gasteiger partial charge in [0.05, 0.1) is 17.1 Å². The van der Waals surface area contributed by atoms with Gasteiger partial charge in [0.25, 0.3) is 0 Å². The van der Waals surface area contributed by atoms with E-state index in [2.05, 4.69) is 0 Å². The van der Waals surface area contributed by atoms with Crippen LogP contribution in [0.25, 0.3) is 0 Å². The van der Waals surface area contributed by atoms with Gasteiger partial charge >= 0.3 is 0 Å². The molecular formula is C7H6N2.